The summed E-state index contributed by atoms with van der Waals surface area (Å²) in [6.07, 6.45) is 2.36. The van der Waals surface area contributed by atoms with Crippen LogP contribution in [-0.2, 0) is 46.0 Å². The monoisotopic (exact) mass is 185 g/mol. The van der Waals surface area contributed by atoms with E-state index in [0.29, 0.717) is 0 Å². The van der Waals surface area contributed by atoms with Crippen LogP contribution in [-0.4, -0.2) is 6.61 Å². The number of hydrogen-bond acceptors (Lipinski definition) is 2. The number of hydrogen-bond donors (Lipinski definition) is 0. The van der Waals surface area contributed by atoms with E-state index < -0.39 is 19.9 Å². The second-order valence-corrected chi connectivity index (χ2v) is 3.73. The maximum atomic E-state index is 5.13. The van der Waals surface area contributed by atoms with Gasteiger partial charge in [-0.25, -0.2) is 0 Å². The van der Waals surface area contributed by atoms with E-state index >= 15 is 0 Å². The average molecular weight is 185 g/mol. The van der Waals surface area contributed by atoms with Crippen molar-refractivity contribution in [3.63, 3.8) is 0 Å². The molecule has 0 amide bonds. The molecule has 0 aromatic carbocycles. The fourth-order valence-electron chi connectivity index (χ4n) is 0.288. The van der Waals surface area contributed by atoms with Crippen LogP contribution in [0.15, 0.2) is 0 Å². The molecule has 45 valence electrons. The van der Waals surface area contributed by atoms with Crippen molar-refractivity contribution in [2.24, 2.45) is 0 Å². The first kappa shape index (κ1) is 9.35. The third-order valence-electron chi connectivity index (χ3n) is 0.701. The summed E-state index contributed by atoms with van der Waals surface area (Å²) in [5.41, 5.74) is 0. The minimum atomic E-state index is -0.496. The van der Waals surface area contributed by atoms with Gasteiger partial charge in [0.05, 0.1) is 0 Å². The third-order valence-corrected chi connectivity index (χ3v) is 1.87. The SMILES string of the molecule is CCCC[O][Ti][O][Ti]. The second kappa shape index (κ2) is 8.35. The molecule has 0 unspecified atom stereocenters. The van der Waals surface area contributed by atoms with E-state index in [1.54, 1.807) is 20.8 Å². The maximum absolute atomic E-state index is 5.13. The molecule has 0 aliphatic rings. The summed E-state index contributed by atoms with van der Waals surface area (Å²) < 4.78 is 9.92. The molecule has 0 N–H and O–H groups in total. The summed E-state index contributed by atoms with van der Waals surface area (Å²) in [5.74, 6) is 0. The molecule has 8 heavy (non-hydrogen) atoms. The van der Waals surface area contributed by atoms with Crippen LogP contribution >= 0.6 is 0 Å². The van der Waals surface area contributed by atoms with Gasteiger partial charge in [0.1, 0.15) is 0 Å². The van der Waals surface area contributed by atoms with Crippen LogP contribution in [0.2, 0.25) is 0 Å². The molecule has 2 nitrogen and oxygen atoms in total. The van der Waals surface area contributed by atoms with Crippen LogP contribution in [0.1, 0.15) is 19.8 Å². The quantitative estimate of drug-likeness (QED) is 0.473. The molecule has 0 saturated carbocycles. The average Bonchev–Trinajstić information content (AvgIpc) is 1.81. The fraction of sp³-hybridized carbons (Fsp3) is 1.00. The molecular weight excluding hydrogens is 176 g/mol. The topological polar surface area (TPSA) is 18.5 Å². The number of rotatable bonds is 5. The fourth-order valence-corrected chi connectivity index (χ4v) is 1.11. The molecule has 0 rings (SSSR count). The number of unbranched alkanes of at least 4 members (excludes halogenated alkanes) is 1. The Kier molecular flexibility index (Phi) is 9.76. The Morgan fingerprint density at radius 3 is 2.88 bits per heavy atom. The summed E-state index contributed by atoms with van der Waals surface area (Å²) in [6.45, 7) is 3.03. The van der Waals surface area contributed by atoms with E-state index in [9.17, 15) is 0 Å². The molecule has 0 aliphatic heterocycles. The van der Waals surface area contributed by atoms with Crippen LogP contribution in [0.25, 0.3) is 0 Å². The Hall–Kier alpha value is 1.35. The normalized spacial score (nSPS) is 9.00. The second-order valence-electron chi connectivity index (χ2n) is 1.39. The molecule has 0 saturated heterocycles. The zero-order valence-electron chi connectivity index (χ0n) is 4.94. The van der Waals surface area contributed by atoms with Crippen LogP contribution < -0.4 is 0 Å². The van der Waals surface area contributed by atoms with Gasteiger partial charge in [-0.2, -0.15) is 0 Å². The summed E-state index contributed by atoms with van der Waals surface area (Å²) >= 11 is 1.19. The zero-order valence-corrected chi connectivity index (χ0v) is 8.06. The van der Waals surface area contributed by atoms with Crippen LogP contribution in [0, 0.1) is 0 Å². The van der Waals surface area contributed by atoms with Crippen LogP contribution in [0.5, 0.6) is 0 Å². The van der Waals surface area contributed by atoms with Gasteiger partial charge in [0.2, 0.25) is 0 Å². The van der Waals surface area contributed by atoms with Crippen molar-refractivity contribution in [3.8, 4) is 0 Å². The first-order valence-corrected chi connectivity index (χ1v) is 4.52. The Labute approximate surface area is 72.1 Å². The van der Waals surface area contributed by atoms with Gasteiger partial charge in [-0.05, 0) is 0 Å². The predicted molar refractivity (Wildman–Crippen MR) is 21.9 cm³/mol. The summed E-state index contributed by atoms with van der Waals surface area (Å²) in [4.78, 5) is 0. The van der Waals surface area contributed by atoms with Gasteiger partial charge in [0, 0.05) is 0 Å². The van der Waals surface area contributed by atoms with Crippen molar-refractivity contribution in [2.75, 3.05) is 6.61 Å². The van der Waals surface area contributed by atoms with Crippen LogP contribution in [0.4, 0.5) is 0 Å². The van der Waals surface area contributed by atoms with Crippen molar-refractivity contribution >= 4 is 0 Å². The van der Waals surface area contributed by atoms with Gasteiger partial charge in [-0.3, -0.25) is 0 Å². The molecular formula is C4H9O2Ti2. The van der Waals surface area contributed by atoms with Crippen LogP contribution in [0.3, 0.4) is 0 Å². The van der Waals surface area contributed by atoms with E-state index in [0.717, 1.165) is 13.0 Å². The van der Waals surface area contributed by atoms with Gasteiger partial charge >= 0.3 is 72.3 Å². The van der Waals surface area contributed by atoms with E-state index in [2.05, 4.69) is 6.92 Å². The summed E-state index contributed by atoms with van der Waals surface area (Å²) in [6, 6.07) is 0. The van der Waals surface area contributed by atoms with Gasteiger partial charge in [0.15, 0.2) is 0 Å². The first-order chi connectivity index (χ1) is 3.91. The standard InChI is InChI=1S/C4H9O.O.2Ti/c1-2-3-4-5;;;/h2-4H2,1H3;;;/q-1;;;+1. The van der Waals surface area contributed by atoms with Gasteiger partial charge < -0.3 is 0 Å². The van der Waals surface area contributed by atoms with Crippen molar-refractivity contribution < 1.29 is 46.0 Å². The Bertz CT molecular complexity index is 37.0. The molecule has 0 atom stereocenters. The molecule has 0 spiro atoms. The van der Waals surface area contributed by atoms with Crippen molar-refractivity contribution in [1.82, 2.24) is 0 Å². The van der Waals surface area contributed by atoms with Crippen molar-refractivity contribution in [2.45, 2.75) is 19.8 Å². The van der Waals surface area contributed by atoms with Crippen molar-refractivity contribution in [3.05, 3.63) is 0 Å². The molecule has 0 aromatic rings. The molecule has 0 fully saturated rings. The first-order valence-electron chi connectivity index (χ1n) is 2.61. The minimum absolute atomic E-state index is 0.496. The molecule has 0 heterocycles. The van der Waals surface area contributed by atoms with E-state index in [-0.39, 0.29) is 0 Å². The van der Waals surface area contributed by atoms with Gasteiger partial charge in [-0.1, -0.05) is 0 Å². The third kappa shape index (κ3) is 7.35. The molecule has 0 bridgehead atoms. The van der Waals surface area contributed by atoms with E-state index in [1.165, 1.54) is 6.42 Å². The van der Waals surface area contributed by atoms with Gasteiger partial charge in [-0.15, -0.1) is 0 Å². The predicted octanol–water partition coefficient (Wildman–Crippen LogP) is 1.19. The Morgan fingerprint density at radius 1 is 1.62 bits per heavy atom. The Balaban J connectivity index is 2.53. The van der Waals surface area contributed by atoms with Gasteiger partial charge in [0.25, 0.3) is 0 Å². The summed E-state index contributed by atoms with van der Waals surface area (Å²) in [5, 5.41) is 0. The molecule has 0 aliphatic carbocycles. The zero-order chi connectivity index (χ0) is 6.24. The molecule has 4 heteroatoms. The Morgan fingerprint density at radius 2 is 2.38 bits per heavy atom. The molecule has 0 radical (unpaired) electrons. The van der Waals surface area contributed by atoms with E-state index in [1.807, 2.05) is 0 Å². The van der Waals surface area contributed by atoms with Crippen molar-refractivity contribution in [1.29, 1.82) is 0 Å². The summed E-state index contributed by atoms with van der Waals surface area (Å²) in [7, 11) is 0. The molecule has 0 aromatic heterocycles. The van der Waals surface area contributed by atoms with E-state index in [4.69, 9.17) is 5.22 Å².